The first-order valence-electron chi connectivity index (χ1n) is 8.92. The number of nitrogens with zero attached hydrogens (tertiary/aromatic N) is 4. The lowest BCUT2D eigenvalue weighted by molar-refractivity contribution is -0.117. The molecule has 1 saturated carbocycles. The van der Waals surface area contributed by atoms with E-state index in [4.69, 9.17) is 0 Å². The van der Waals surface area contributed by atoms with Gasteiger partial charge in [-0.15, -0.1) is 5.10 Å². The standard InChI is InChI=1S/C20H19N5O/c26-18(17-10-20(17)8-7-15-5-1-2-6-16(15)20)23-19-22-13-25(24-19)12-14-4-3-9-21-11-14/h1-6,9,11,13,17H,7-8,10,12H2,(H,23,24,26). The fourth-order valence-corrected chi connectivity index (χ4v) is 4.24. The molecule has 2 unspecified atom stereocenters. The molecule has 6 nitrogen and oxygen atoms in total. The quantitative estimate of drug-likeness (QED) is 0.789. The van der Waals surface area contributed by atoms with Gasteiger partial charge in [0.05, 0.1) is 6.54 Å². The molecule has 1 N–H and O–H groups in total. The van der Waals surface area contributed by atoms with E-state index < -0.39 is 0 Å². The van der Waals surface area contributed by atoms with Crippen molar-refractivity contribution in [3.05, 3.63) is 71.8 Å². The van der Waals surface area contributed by atoms with Gasteiger partial charge in [0, 0.05) is 23.7 Å². The minimum absolute atomic E-state index is 0.0245. The predicted octanol–water partition coefficient (Wildman–Crippen LogP) is 2.56. The third-order valence-electron chi connectivity index (χ3n) is 5.62. The van der Waals surface area contributed by atoms with E-state index in [0.29, 0.717) is 12.5 Å². The van der Waals surface area contributed by atoms with Crippen molar-refractivity contribution in [2.75, 3.05) is 5.32 Å². The van der Waals surface area contributed by atoms with Crippen molar-refractivity contribution in [2.45, 2.75) is 31.2 Å². The largest absolute Gasteiger partial charge is 0.293 e. The van der Waals surface area contributed by atoms with Crippen LogP contribution in [0.5, 0.6) is 0 Å². The van der Waals surface area contributed by atoms with E-state index in [9.17, 15) is 4.79 Å². The molecule has 3 aromatic rings. The number of nitrogens with one attached hydrogen (secondary N) is 1. The Bertz CT molecular complexity index is 967. The molecule has 0 bridgehead atoms. The van der Waals surface area contributed by atoms with Gasteiger partial charge in [0.15, 0.2) is 0 Å². The highest BCUT2D eigenvalue weighted by molar-refractivity contribution is 5.95. The Morgan fingerprint density at radius 2 is 2.19 bits per heavy atom. The summed E-state index contributed by atoms with van der Waals surface area (Å²) in [5.74, 6) is 0.421. The predicted molar refractivity (Wildman–Crippen MR) is 96.5 cm³/mol. The second kappa shape index (κ2) is 5.76. The fourth-order valence-electron chi connectivity index (χ4n) is 4.24. The van der Waals surface area contributed by atoms with E-state index in [2.05, 4.69) is 44.6 Å². The van der Waals surface area contributed by atoms with Crippen LogP contribution < -0.4 is 5.32 Å². The SMILES string of the molecule is O=C(Nc1ncn(Cc2cccnc2)n1)C1CC12CCc1ccccc12. The molecule has 0 saturated heterocycles. The lowest BCUT2D eigenvalue weighted by Gasteiger charge is -2.10. The van der Waals surface area contributed by atoms with Crippen molar-refractivity contribution in [1.29, 1.82) is 0 Å². The molecule has 1 fully saturated rings. The van der Waals surface area contributed by atoms with E-state index in [0.717, 1.165) is 24.8 Å². The van der Waals surface area contributed by atoms with Crippen molar-refractivity contribution in [3.8, 4) is 0 Å². The van der Waals surface area contributed by atoms with Crippen LogP contribution in [0.1, 0.15) is 29.5 Å². The number of pyridine rings is 1. The molecule has 26 heavy (non-hydrogen) atoms. The number of fused-ring (bicyclic) bond motifs is 2. The number of hydrogen-bond acceptors (Lipinski definition) is 4. The van der Waals surface area contributed by atoms with Crippen LogP contribution in [-0.2, 0) is 23.2 Å². The summed E-state index contributed by atoms with van der Waals surface area (Å²) in [6.07, 6.45) is 8.22. The van der Waals surface area contributed by atoms with Crippen LogP contribution in [0.2, 0.25) is 0 Å². The topological polar surface area (TPSA) is 72.7 Å². The summed E-state index contributed by atoms with van der Waals surface area (Å²) in [6.45, 7) is 0.581. The van der Waals surface area contributed by atoms with Crippen LogP contribution in [0.25, 0.3) is 0 Å². The molecule has 0 radical (unpaired) electrons. The molecule has 130 valence electrons. The molecule has 2 aliphatic carbocycles. The third-order valence-corrected chi connectivity index (χ3v) is 5.62. The highest BCUT2D eigenvalue weighted by Crippen LogP contribution is 2.61. The minimum Gasteiger partial charge on any atom is -0.293 e. The van der Waals surface area contributed by atoms with Crippen molar-refractivity contribution in [2.24, 2.45) is 5.92 Å². The molecular weight excluding hydrogens is 326 g/mol. The maximum atomic E-state index is 12.7. The summed E-state index contributed by atoms with van der Waals surface area (Å²) >= 11 is 0. The van der Waals surface area contributed by atoms with E-state index in [1.165, 1.54) is 11.1 Å². The van der Waals surface area contributed by atoms with Gasteiger partial charge in [0.25, 0.3) is 0 Å². The van der Waals surface area contributed by atoms with Crippen molar-refractivity contribution in [1.82, 2.24) is 19.7 Å². The molecule has 2 atom stereocenters. The summed E-state index contributed by atoms with van der Waals surface area (Å²) in [5.41, 5.74) is 3.83. The maximum absolute atomic E-state index is 12.7. The first-order chi connectivity index (χ1) is 12.7. The Labute approximate surface area is 151 Å². The molecule has 2 aliphatic rings. The number of amides is 1. The Morgan fingerprint density at radius 3 is 3.08 bits per heavy atom. The van der Waals surface area contributed by atoms with Crippen LogP contribution >= 0.6 is 0 Å². The van der Waals surface area contributed by atoms with Crippen LogP contribution in [0.3, 0.4) is 0 Å². The number of anilines is 1. The van der Waals surface area contributed by atoms with Gasteiger partial charge in [-0.2, -0.15) is 0 Å². The number of carbonyl (C=O) groups is 1. The first-order valence-corrected chi connectivity index (χ1v) is 8.92. The van der Waals surface area contributed by atoms with Gasteiger partial charge in [-0.1, -0.05) is 30.3 Å². The van der Waals surface area contributed by atoms with E-state index >= 15 is 0 Å². The van der Waals surface area contributed by atoms with Crippen molar-refractivity contribution < 1.29 is 4.79 Å². The molecule has 5 rings (SSSR count). The normalized spacial score (nSPS) is 23.0. The Hall–Kier alpha value is -3.02. The number of benzene rings is 1. The zero-order valence-corrected chi connectivity index (χ0v) is 14.3. The van der Waals surface area contributed by atoms with Gasteiger partial charge in [-0.25, -0.2) is 9.67 Å². The minimum atomic E-state index is 0.0245. The van der Waals surface area contributed by atoms with Gasteiger partial charge in [-0.3, -0.25) is 15.1 Å². The van der Waals surface area contributed by atoms with E-state index in [-0.39, 0.29) is 17.2 Å². The van der Waals surface area contributed by atoms with Gasteiger partial charge < -0.3 is 0 Å². The third kappa shape index (κ3) is 2.49. The van der Waals surface area contributed by atoms with Gasteiger partial charge in [-0.05, 0) is 42.0 Å². The number of aryl methyl sites for hydroxylation is 1. The smallest absolute Gasteiger partial charge is 0.248 e. The highest BCUT2D eigenvalue weighted by Gasteiger charge is 2.61. The first kappa shape index (κ1) is 15.3. The van der Waals surface area contributed by atoms with Gasteiger partial charge in [0.2, 0.25) is 11.9 Å². The Balaban J connectivity index is 1.26. The lowest BCUT2D eigenvalue weighted by Crippen LogP contribution is -2.20. The highest BCUT2D eigenvalue weighted by atomic mass is 16.2. The average Bonchev–Trinajstić information content (AvgIpc) is 3.06. The maximum Gasteiger partial charge on any atom is 0.248 e. The summed E-state index contributed by atoms with van der Waals surface area (Å²) in [4.78, 5) is 21.0. The molecule has 2 aromatic heterocycles. The number of carbonyl (C=O) groups excluding carboxylic acids is 1. The molecule has 1 spiro atoms. The number of rotatable bonds is 4. The summed E-state index contributed by atoms with van der Waals surface area (Å²) in [6, 6.07) is 12.4. The number of hydrogen-bond donors (Lipinski definition) is 1. The molecule has 1 amide bonds. The Kier molecular flexibility index (Phi) is 3.38. The van der Waals surface area contributed by atoms with Crippen LogP contribution in [0.4, 0.5) is 5.95 Å². The average molecular weight is 345 g/mol. The molecule has 6 heteroatoms. The lowest BCUT2D eigenvalue weighted by atomic mass is 9.95. The Morgan fingerprint density at radius 1 is 1.27 bits per heavy atom. The van der Waals surface area contributed by atoms with Crippen LogP contribution in [-0.4, -0.2) is 25.7 Å². The van der Waals surface area contributed by atoms with Crippen molar-refractivity contribution in [3.63, 3.8) is 0 Å². The molecule has 1 aromatic carbocycles. The second-order valence-corrected chi connectivity index (χ2v) is 7.19. The summed E-state index contributed by atoms with van der Waals surface area (Å²) in [5, 5.41) is 7.26. The van der Waals surface area contributed by atoms with E-state index in [1.807, 2.05) is 12.1 Å². The van der Waals surface area contributed by atoms with Crippen LogP contribution in [0.15, 0.2) is 55.1 Å². The molecule has 2 heterocycles. The zero-order chi connectivity index (χ0) is 17.6. The fraction of sp³-hybridized carbons (Fsp3) is 0.300. The van der Waals surface area contributed by atoms with E-state index in [1.54, 1.807) is 23.4 Å². The molecule has 0 aliphatic heterocycles. The zero-order valence-electron chi connectivity index (χ0n) is 14.3. The second-order valence-electron chi connectivity index (χ2n) is 7.19. The van der Waals surface area contributed by atoms with Crippen LogP contribution in [0, 0.1) is 5.92 Å². The molecular formula is C20H19N5O. The van der Waals surface area contributed by atoms with Crippen molar-refractivity contribution >= 4 is 11.9 Å². The summed E-state index contributed by atoms with van der Waals surface area (Å²) < 4.78 is 1.71. The number of aromatic nitrogens is 4. The summed E-state index contributed by atoms with van der Waals surface area (Å²) in [7, 11) is 0. The van der Waals surface area contributed by atoms with Gasteiger partial charge in [0.1, 0.15) is 6.33 Å². The van der Waals surface area contributed by atoms with Gasteiger partial charge >= 0.3 is 0 Å². The monoisotopic (exact) mass is 345 g/mol.